The number of rotatable bonds is 6. The minimum atomic E-state index is -3.50. The first-order valence-corrected chi connectivity index (χ1v) is 11.9. The van der Waals surface area contributed by atoms with Crippen LogP contribution in [0.4, 0.5) is 4.39 Å². The maximum absolute atomic E-state index is 13.1. The molecule has 0 spiro atoms. The van der Waals surface area contributed by atoms with Gasteiger partial charge in [0.25, 0.3) is 5.91 Å². The molecule has 2 aromatic carbocycles. The summed E-state index contributed by atoms with van der Waals surface area (Å²) in [5.41, 5.74) is 1.24. The van der Waals surface area contributed by atoms with Crippen molar-refractivity contribution in [3.63, 3.8) is 0 Å². The Morgan fingerprint density at radius 2 is 1.59 bits per heavy atom. The van der Waals surface area contributed by atoms with E-state index in [1.165, 1.54) is 50.5 Å². The van der Waals surface area contributed by atoms with E-state index in [0.717, 1.165) is 9.87 Å². The lowest BCUT2D eigenvalue weighted by atomic mass is 9.94. The Morgan fingerprint density at radius 1 is 1.03 bits per heavy atom. The number of halogens is 1. The Balaban J connectivity index is 1.54. The number of amides is 2. The maximum Gasteiger partial charge on any atom is 0.253 e. The van der Waals surface area contributed by atoms with Crippen LogP contribution in [0, 0.1) is 11.7 Å². The van der Waals surface area contributed by atoms with Crippen molar-refractivity contribution in [2.24, 2.45) is 5.92 Å². The van der Waals surface area contributed by atoms with E-state index in [1.54, 1.807) is 17.0 Å². The highest BCUT2D eigenvalue weighted by Gasteiger charge is 2.28. The molecule has 172 valence electrons. The summed E-state index contributed by atoms with van der Waals surface area (Å²) in [6.45, 7) is 2.76. The predicted octanol–water partition coefficient (Wildman–Crippen LogP) is 2.81. The third-order valence-electron chi connectivity index (χ3n) is 5.76. The molecule has 1 saturated heterocycles. The van der Waals surface area contributed by atoms with Crippen molar-refractivity contribution in [2.75, 3.05) is 27.2 Å². The van der Waals surface area contributed by atoms with Crippen molar-refractivity contribution in [3.05, 3.63) is 65.5 Å². The smallest absolute Gasteiger partial charge is 0.253 e. The number of hydrogen-bond donors (Lipinski definition) is 1. The van der Waals surface area contributed by atoms with Gasteiger partial charge in [-0.25, -0.2) is 17.1 Å². The fraction of sp³-hybridized carbons (Fsp3) is 0.391. The molecule has 1 aliphatic heterocycles. The van der Waals surface area contributed by atoms with E-state index in [1.807, 2.05) is 6.92 Å². The number of nitrogens with one attached hydrogen (secondary N) is 1. The summed E-state index contributed by atoms with van der Waals surface area (Å²) < 4.78 is 38.6. The third kappa shape index (κ3) is 5.34. The monoisotopic (exact) mass is 461 g/mol. The Morgan fingerprint density at radius 3 is 2.12 bits per heavy atom. The molecule has 1 unspecified atom stereocenters. The van der Waals surface area contributed by atoms with E-state index < -0.39 is 10.0 Å². The molecule has 1 atom stereocenters. The molecule has 1 heterocycles. The van der Waals surface area contributed by atoms with Gasteiger partial charge in [0.2, 0.25) is 15.9 Å². The summed E-state index contributed by atoms with van der Waals surface area (Å²) in [4.78, 5) is 27.2. The molecule has 1 N–H and O–H groups in total. The molecule has 0 radical (unpaired) electrons. The SMILES string of the molecule is CC(NC(=O)C1CCN(C(=O)c2ccc(F)cc2)CC1)c1ccc(S(=O)(=O)N(C)C)cc1. The number of benzene rings is 2. The number of likely N-dealkylation sites (tertiary alicyclic amines) is 1. The highest BCUT2D eigenvalue weighted by Crippen LogP contribution is 2.22. The van der Waals surface area contributed by atoms with E-state index in [2.05, 4.69) is 5.32 Å². The number of hydrogen-bond acceptors (Lipinski definition) is 4. The van der Waals surface area contributed by atoms with Crippen molar-refractivity contribution in [1.29, 1.82) is 0 Å². The van der Waals surface area contributed by atoms with E-state index in [9.17, 15) is 22.4 Å². The molecular formula is C23H28FN3O4S. The van der Waals surface area contributed by atoms with Crippen LogP contribution in [0.5, 0.6) is 0 Å². The van der Waals surface area contributed by atoms with Crippen LogP contribution in [0.1, 0.15) is 41.7 Å². The van der Waals surface area contributed by atoms with Crippen LogP contribution in [0.2, 0.25) is 0 Å². The van der Waals surface area contributed by atoms with Crippen molar-refractivity contribution in [3.8, 4) is 0 Å². The summed E-state index contributed by atoms with van der Waals surface area (Å²) in [5, 5.41) is 2.98. The number of sulfonamides is 1. The molecule has 9 heteroatoms. The second kappa shape index (κ2) is 9.79. The summed E-state index contributed by atoms with van der Waals surface area (Å²) in [7, 11) is -0.545. The molecular weight excluding hydrogens is 433 g/mol. The summed E-state index contributed by atoms with van der Waals surface area (Å²) >= 11 is 0. The summed E-state index contributed by atoms with van der Waals surface area (Å²) in [6, 6.07) is 11.6. The second-order valence-corrected chi connectivity index (χ2v) is 10.3. The molecule has 3 rings (SSSR count). The largest absolute Gasteiger partial charge is 0.349 e. The van der Waals surface area contributed by atoms with Crippen molar-refractivity contribution >= 4 is 21.8 Å². The van der Waals surface area contributed by atoms with E-state index >= 15 is 0 Å². The lowest BCUT2D eigenvalue weighted by molar-refractivity contribution is -0.127. The lowest BCUT2D eigenvalue weighted by Gasteiger charge is -2.32. The van der Waals surface area contributed by atoms with Crippen LogP contribution in [0.25, 0.3) is 0 Å². The highest BCUT2D eigenvalue weighted by molar-refractivity contribution is 7.89. The van der Waals surface area contributed by atoms with Gasteiger partial charge in [-0.15, -0.1) is 0 Å². The van der Waals surface area contributed by atoms with Crippen LogP contribution < -0.4 is 5.32 Å². The van der Waals surface area contributed by atoms with E-state index in [4.69, 9.17) is 0 Å². The lowest BCUT2D eigenvalue weighted by Crippen LogP contribution is -2.43. The normalized spacial score (nSPS) is 16.1. The second-order valence-electron chi connectivity index (χ2n) is 8.16. The first kappa shape index (κ1) is 23.9. The Labute approximate surface area is 188 Å². The Bertz CT molecular complexity index is 1060. The zero-order chi connectivity index (χ0) is 23.5. The molecule has 32 heavy (non-hydrogen) atoms. The van der Waals surface area contributed by atoms with Gasteiger partial charge in [0.05, 0.1) is 10.9 Å². The van der Waals surface area contributed by atoms with Gasteiger partial charge in [0, 0.05) is 38.7 Å². The standard InChI is InChI=1S/C23H28FN3O4S/c1-16(17-6-10-21(11-7-17)32(30,31)26(2)3)25-22(28)18-12-14-27(15-13-18)23(29)19-4-8-20(24)9-5-19/h4-11,16,18H,12-15H2,1-3H3,(H,25,28). The van der Waals surface area contributed by atoms with Gasteiger partial charge in [-0.2, -0.15) is 0 Å². The quantitative estimate of drug-likeness (QED) is 0.717. The van der Waals surface area contributed by atoms with E-state index in [-0.39, 0.29) is 34.5 Å². The highest BCUT2D eigenvalue weighted by atomic mass is 32.2. The van der Waals surface area contributed by atoms with Gasteiger partial charge in [0.15, 0.2) is 0 Å². The van der Waals surface area contributed by atoms with Crippen molar-refractivity contribution in [2.45, 2.75) is 30.7 Å². The Hall–Kier alpha value is -2.78. The third-order valence-corrected chi connectivity index (χ3v) is 7.59. The van der Waals surface area contributed by atoms with Gasteiger partial charge in [-0.05, 0) is 61.7 Å². The molecule has 7 nitrogen and oxygen atoms in total. The zero-order valence-corrected chi connectivity index (χ0v) is 19.2. The molecule has 1 aliphatic rings. The molecule has 0 saturated carbocycles. The fourth-order valence-corrected chi connectivity index (χ4v) is 4.58. The topological polar surface area (TPSA) is 86.8 Å². The van der Waals surface area contributed by atoms with Crippen molar-refractivity contribution < 1.29 is 22.4 Å². The average molecular weight is 462 g/mol. The number of nitrogens with zero attached hydrogens (tertiary/aromatic N) is 2. The zero-order valence-electron chi connectivity index (χ0n) is 18.4. The first-order valence-electron chi connectivity index (χ1n) is 10.5. The maximum atomic E-state index is 13.1. The molecule has 2 aromatic rings. The number of carbonyl (C=O) groups is 2. The summed E-state index contributed by atoms with van der Waals surface area (Å²) in [5.74, 6) is -0.843. The molecule has 0 aromatic heterocycles. The van der Waals surface area contributed by atoms with Gasteiger partial charge in [-0.1, -0.05) is 12.1 Å². The predicted molar refractivity (Wildman–Crippen MR) is 119 cm³/mol. The minimum Gasteiger partial charge on any atom is -0.349 e. The van der Waals surface area contributed by atoms with Gasteiger partial charge >= 0.3 is 0 Å². The number of carbonyl (C=O) groups excluding carboxylic acids is 2. The molecule has 0 bridgehead atoms. The van der Waals surface area contributed by atoms with Crippen LogP contribution in [0.15, 0.2) is 53.4 Å². The van der Waals surface area contributed by atoms with Crippen LogP contribution in [0.3, 0.4) is 0 Å². The van der Waals surface area contributed by atoms with Gasteiger partial charge in [0.1, 0.15) is 5.82 Å². The van der Waals surface area contributed by atoms with Crippen LogP contribution >= 0.6 is 0 Å². The average Bonchev–Trinajstić information content (AvgIpc) is 2.79. The van der Waals surface area contributed by atoms with E-state index in [0.29, 0.717) is 31.5 Å². The Kier molecular flexibility index (Phi) is 7.30. The van der Waals surface area contributed by atoms with Crippen molar-refractivity contribution in [1.82, 2.24) is 14.5 Å². The van der Waals surface area contributed by atoms with Gasteiger partial charge < -0.3 is 10.2 Å². The number of piperidine rings is 1. The molecule has 0 aliphatic carbocycles. The minimum absolute atomic E-state index is 0.0867. The first-order chi connectivity index (χ1) is 15.1. The molecule has 1 fully saturated rings. The fourth-order valence-electron chi connectivity index (χ4n) is 3.67. The summed E-state index contributed by atoms with van der Waals surface area (Å²) in [6.07, 6.45) is 1.09. The van der Waals surface area contributed by atoms with Crippen LogP contribution in [-0.4, -0.2) is 56.6 Å². The van der Waals surface area contributed by atoms with Gasteiger partial charge in [-0.3, -0.25) is 9.59 Å². The molecule has 2 amide bonds. The van der Waals surface area contributed by atoms with Crippen LogP contribution in [-0.2, 0) is 14.8 Å².